The van der Waals surface area contributed by atoms with E-state index in [1.807, 2.05) is 0 Å². The first kappa shape index (κ1) is 5.81. The predicted molar refractivity (Wildman–Crippen MR) is 27.9 cm³/mol. The van der Waals surface area contributed by atoms with Crippen molar-refractivity contribution in [3.8, 4) is 5.95 Å². The maximum absolute atomic E-state index is 9.71. The molecule has 0 aromatic carbocycles. The van der Waals surface area contributed by atoms with Gasteiger partial charge in [0.1, 0.15) is 0 Å². The summed E-state index contributed by atoms with van der Waals surface area (Å²) in [6.45, 7) is 2.03. The smallest absolute Gasteiger partial charge is 0.321 e. The molecule has 0 aliphatic rings. The molecule has 0 saturated heterocycles. The summed E-state index contributed by atoms with van der Waals surface area (Å²) in [4.78, 5) is 9.71. The molecule has 0 spiro atoms. The third-order valence-corrected chi connectivity index (χ3v) is 0.859. The predicted octanol–water partition coefficient (Wildman–Crippen LogP) is 0.518. The highest BCUT2D eigenvalue weighted by Crippen LogP contribution is 2.13. The Bertz CT molecular complexity index is 206. The lowest BCUT2D eigenvalue weighted by Gasteiger charge is -1.86. The van der Waals surface area contributed by atoms with Crippen molar-refractivity contribution in [2.45, 2.75) is 6.92 Å². The zero-order chi connectivity index (χ0) is 6.69. The third-order valence-electron chi connectivity index (χ3n) is 0.859. The van der Waals surface area contributed by atoms with Crippen molar-refractivity contribution in [1.29, 1.82) is 0 Å². The number of aryl methyl sites for hydroxylation is 1. The molecule has 48 valence electrons. The summed E-state index contributed by atoms with van der Waals surface area (Å²) in [5, 5.41) is 3.38. The number of rotatable bonds is 2. The van der Waals surface area contributed by atoms with Crippen LogP contribution in [0, 0.1) is 6.92 Å². The van der Waals surface area contributed by atoms with Crippen LogP contribution in [0.4, 0.5) is 0 Å². The fourth-order valence-corrected chi connectivity index (χ4v) is 0.436. The first-order valence-corrected chi connectivity index (χ1v) is 2.36. The van der Waals surface area contributed by atoms with Crippen LogP contribution in [0.2, 0.25) is 0 Å². The average Bonchev–Trinajstić information content (AvgIpc) is 2.18. The van der Waals surface area contributed by atoms with Gasteiger partial charge in [-0.1, -0.05) is 5.16 Å². The fraction of sp³-hybridized carbons (Fsp3) is 0.200. The summed E-state index contributed by atoms with van der Waals surface area (Å²) >= 11 is 0. The van der Waals surface area contributed by atoms with Gasteiger partial charge in [-0.3, -0.25) is 4.79 Å². The van der Waals surface area contributed by atoms with E-state index in [0.29, 0.717) is 12.0 Å². The van der Waals surface area contributed by atoms with Crippen LogP contribution in [-0.4, -0.2) is 11.6 Å². The first-order chi connectivity index (χ1) is 4.34. The van der Waals surface area contributed by atoms with Gasteiger partial charge < -0.3 is 9.26 Å². The molecule has 0 bridgehead atoms. The van der Waals surface area contributed by atoms with E-state index < -0.39 is 0 Å². The van der Waals surface area contributed by atoms with E-state index >= 15 is 0 Å². The number of ether oxygens (including phenoxy) is 1. The van der Waals surface area contributed by atoms with Crippen molar-refractivity contribution in [3.63, 3.8) is 0 Å². The summed E-state index contributed by atoms with van der Waals surface area (Å²) in [6, 6.07) is 0. The van der Waals surface area contributed by atoms with Crippen molar-refractivity contribution in [2.24, 2.45) is 0 Å². The third kappa shape index (κ3) is 1.07. The Labute approximate surface area is 51.4 Å². The number of nitrogens with zero attached hydrogens (tertiary/aromatic N) is 1. The highest BCUT2D eigenvalue weighted by molar-refractivity contribution is 5.43. The minimum atomic E-state index is 0.157. The quantitative estimate of drug-likeness (QED) is 0.543. The first-order valence-electron chi connectivity index (χ1n) is 2.36. The van der Waals surface area contributed by atoms with Gasteiger partial charge in [-0.05, 0) is 6.92 Å². The van der Waals surface area contributed by atoms with Crippen LogP contribution in [0.5, 0.6) is 5.95 Å². The minimum absolute atomic E-state index is 0.157. The van der Waals surface area contributed by atoms with Crippen LogP contribution in [0.15, 0.2) is 10.7 Å². The SMILES string of the molecule is Cc1cnoc1OC=O. The lowest BCUT2D eigenvalue weighted by molar-refractivity contribution is -0.122. The molecule has 0 saturated carbocycles. The molecule has 0 N–H and O–H groups in total. The van der Waals surface area contributed by atoms with Gasteiger partial charge in [-0.2, -0.15) is 0 Å². The van der Waals surface area contributed by atoms with E-state index in [-0.39, 0.29) is 5.95 Å². The summed E-state index contributed by atoms with van der Waals surface area (Å²) in [7, 11) is 0. The molecule has 9 heavy (non-hydrogen) atoms. The number of hydrogen-bond acceptors (Lipinski definition) is 4. The van der Waals surface area contributed by atoms with Crippen molar-refractivity contribution in [3.05, 3.63) is 11.8 Å². The Morgan fingerprint density at radius 2 is 2.67 bits per heavy atom. The van der Waals surface area contributed by atoms with Gasteiger partial charge in [-0.25, -0.2) is 0 Å². The molecule has 1 aromatic heterocycles. The van der Waals surface area contributed by atoms with Gasteiger partial charge in [0, 0.05) is 0 Å². The molecule has 4 nitrogen and oxygen atoms in total. The van der Waals surface area contributed by atoms with Crippen LogP contribution in [0.1, 0.15) is 5.56 Å². The zero-order valence-electron chi connectivity index (χ0n) is 4.83. The monoisotopic (exact) mass is 127 g/mol. The van der Waals surface area contributed by atoms with Crippen molar-refractivity contribution >= 4 is 6.47 Å². The molecular formula is C5H5NO3. The van der Waals surface area contributed by atoms with Gasteiger partial charge in [0.2, 0.25) is 0 Å². The van der Waals surface area contributed by atoms with E-state index in [1.165, 1.54) is 6.20 Å². The summed E-state index contributed by atoms with van der Waals surface area (Å²) in [6.07, 6.45) is 1.47. The molecule has 4 heteroatoms. The number of carbonyl (C=O) groups is 1. The lowest BCUT2D eigenvalue weighted by atomic mass is 10.4. The molecule has 1 aromatic rings. The largest absolute Gasteiger partial charge is 0.393 e. The van der Waals surface area contributed by atoms with Crippen molar-refractivity contribution in [2.75, 3.05) is 0 Å². The van der Waals surface area contributed by atoms with E-state index in [4.69, 9.17) is 0 Å². The van der Waals surface area contributed by atoms with Crippen LogP contribution in [0.3, 0.4) is 0 Å². The van der Waals surface area contributed by atoms with E-state index in [9.17, 15) is 4.79 Å². The maximum Gasteiger partial charge on any atom is 0.321 e. The van der Waals surface area contributed by atoms with Gasteiger partial charge in [0.05, 0.1) is 11.8 Å². The van der Waals surface area contributed by atoms with Crippen LogP contribution in [-0.2, 0) is 4.79 Å². The van der Waals surface area contributed by atoms with Crippen LogP contribution in [0.25, 0.3) is 0 Å². The summed E-state index contributed by atoms with van der Waals surface area (Å²) in [5.74, 6) is 0.157. The molecule has 0 radical (unpaired) electrons. The second kappa shape index (κ2) is 2.30. The summed E-state index contributed by atoms with van der Waals surface area (Å²) in [5.41, 5.74) is 0.710. The van der Waals surface area contributed by atoms with Crippen LogP contribution < -0.4 is 4.74 Å². The Morgan fingerprint density at radius 3 is 3.11 bits per heavy atom. The van der Waals surface area contributed by atoms with Gasteiger partial charge in [0.25, 0.3) is 0 Å². The molecule has 1 heterocycles. The Balaban J connectivity index is 2.80. The standard InChI is InChI=1S/C5H5NO3/c1-4-2-6-9-5(4)8-3-7/h2-3H,1H3. The lowest BCUT2D eigenvalue weighted by Crippen LogP contribution is -1.86. The highest BCUT2D eigenvalue weighted by atomic mass is 16.6. The molecular weight excluding hydrogens is 122 g/mol. The molecule has 0 amide bonds. The molecule has 0 unspecified atom stereocenters. The number of carbonyl (C=O) groups excluding carboxylic acids is 1. The van der Waals surface area contributed by atoms with E-state index in [1.54, 1.807) is 6.92 Å². The second-order valence-electron chi connectivity index (χ2n) is 1.51. The normalized spacial score (nSPS) is 9.00. The maximum atomic E-state index is 9.71. The molecule has 0 aliphatic carbocycles. The van der Waals surface area contributed by atoms with E-state index in [0.717, 1.165) is 0 Å². The minimum Gasteiger partial charge on any atom is -0.393 e. The number of aromatic nitrogens is 1. The molecule has 0 aliphatic heterocycles. The Hall–Kier alpha value is -1.32. The van der Waals surface area contributed by atoms with Gasteiger partial charge >= 0.3 is 12.4 Å². The molecule has 1 rings (SSSR count). The Morgan fingerprint density at radius 1 is 1.89 bits per heavy atom. The zero-order valence-corrected chi connectivity index (χ0v) is 4.83. The van der Waals surface area contributed by atoms with Gasteiger partial charge in [-0.15, -0.1) is 0 Å². The van der Waals surface area contributed by atoms with Crippen LogP contribution >= 0.6 is 0 Å². The fourth-order valence-electron chi connectivity index (χ4n) is 0.436. The van der Waals surface area contributed by atoms with Gasteiger partial charge in [0.15, 0.2) is 0 Å². The summed E-state index contributed by atoms with van der Waals surface area (Å²) < 4.78 is 8.87. The van der Waals surface area contributed by atoms with Crippen molar-refractivity contribution < 1.29 is 14.1 Å². The van der Waals surface area contributed by atoms with Crippen molar-refractivity contribution in [1.82, 2.24) is 5.16 Å². The molecule has 0 fully saturated rings. The average molecular weight is 127 g/mol. The topological polar surface area (TPSA) is 52.3 Å². The second-order valence-corrected chi connectivity index (χ2v) is 1.51. The Kier molecular flexibility index (Phi) is 1.48. The number of hydrogen-bond donors (Lipinski definition) is 0. The van der Waals surface area contributed by atoms with E-state index in [2.05, 4.69) is 14.4 Å². The molecule has 0 atom stereocenters. The highest BCUT2D eigenvalue weighted by Gasteiger charge is 2.01.